The fourth-order valence-corrected chi connectivity index (χ4v) is 1.79. The van der Waals surface area contributed by atoms with Crippen molar-refractivity contribution in [1.29, 1.82) is 0 Å². The number of methoxy groups -OCH3 is 1. The van der Waals surface area contributed by atoms with Gasteiger partial charge in [-0.3, -0.25) is 4.79 Å². The van der Waals surface area contributed by atoms with E-state index in [1.165, 1.54) is 11.8 Å². The van der Waals surface area contributed by atoms with Gasteiger partial charge in [0.2, 0.25) is 5.91 Å². The van der Waals surface area contributed by atoms with Crippen molar-refractivity contribution in [3.05, 3.63) is 12.2 Å². The average molecular weight is 258 g/mol. The van der Waals surface area contributed by atoms with E-state index in [0.29, 0.717) is 18.9 Å². The molecule has 0 aromatic carbocycles. The summed E-state index contributed by atoms with van der Waals surface area (Å²) >= 11 is 1.49. The van der Waals surface area contributed by atoms with Crippen molar-refractivity contribution < 1.29 is 9.53 Å². The number of nitrogens with zero attached hydrogens (tertiary/aromatic N) is 3. The first-order valence-electron chi connectivity index (χ1n) is 5.34. The number of hydrogen-bond acceptors (Lipinski definition) is 5. The van der Waals surface area contributed by atoms with E-state index in [0.717, 1.165) is 5.82 Å². The highest BCUT2D eigenvalue weighted by atomic mass is 32.2. The maximum atomic E-state index is 11.5. The zero-order valence-corrected chi connectivity index (χ0v) is 11.2. The number of amides is 1. The van der Waals surface area contributed by atoms with Gasteiger partial charge in [-0.2, -0.15) is 11.8 Å². The van der Waals surface area contributed by atoms with Crippen LogP contribution in [0.1, 0.15) is 18.8 Å². The van der Waals surface area contributed by atoms with Gasteiger partial charge >= 0.3 is 0 Å². The van der Waals surface area contributed by atoms with Crippen molar-refractivity contribution in [3.63, 3.8) is 0 Å². The van der Waals surface area contributed by atoms with Gasteiger partial charge in [0.05, 0.1) is 18.4 Å². The number of hydrogen-bond donors (Lipinski definition) is 1. The summed E-state index contributed by atoms with van der Waals surface area (Å²) in [6.07, 6.45) is 3.54. The first-order valence-corrected chi connectivity index (χ1v) is 6.73. The third-order valence-corrected chi connectivity index (χ3v) is 2.77. The summed E-state index contributed by atoms with van der Waals surface area (Å²) in [5.74, 6) is 1.21. The van der Waals surface area contributed by atoms with Gasteiger partial charge in [0, 0.05) is 13.7 Å². The number of rotatable bonds is 7. The Labute approximate surface area is 105 Å². The van der Waals surface area contributed by atoms with Gasteiger partial charge in [0.1, 0.15) is 6.33 Å². The van der Waals surface area contributed by atoms with E-state index in [1.807, 2.05) is 17.7 Å². The second-order valence-corrected chi connectivity index (χ2v) is 4.46. The molecule has 0 aliphatic rings. The molecule has 1 aromatic rings. The van der Waals surface area contributed by atoms with Crippen LogP contribution >= 0.6 is 11.8 Å². The van der Waals surface area contributed by atoms with E-state index < -0.39 is 0 Å². The van der Waals surface area contributed by atoms with Gasteiger partial charge < -0.3 is 14.6 Å². The minimum absolute atomic E-state index is 0.00583. The van der Waals surface area contributed by atoms with Gasteiger partial charge in [0.25, 0.3) is 0 Å². The van der Waals surface area contributed by atoms with E-state index in [9.17, 15) is 4.79 Å². The third-order valence-electron chi connectivity index (χ3n) is 2.22. The molecule has 1 rings (SSSR count). The number of ether oxygens (including phenoxy) is 1. The zero-order valence-electron chi connectivity index (χ0n) is 10.3. The molecular formula is C10H18N4O2S. The summed E-state index contributed by atoms with van der Waals surface area (Å²) in [4.78, 5) is 11.5. The van der Waals surface area contributed by atoms with Gasteiger partial charge in [0.15, 0.2) is 5.82 Å². The summed E-state index contributed by atoms with van der Waals surface area (Å²) < 4.78 is 6.88. The Morgan fingerprint density at radius 3 is 3.12 bits per heavy atom. The highest BCUT2D eigenvalue weighted by Crippen LogP contribution is 2.09. The number of carbonyl (C=O) groups excluding carboxylic acids is 1. The molecule has 1 aromatic heterocycles. The first kappa shape index (κ1) is 14.0. The molecule has 6 nitrogen and oxygen atoms in total. The molecule has 17 heavy (non-hydrogen) atoms. The number of aromatic nitrogens is 3. The molecule has 0 aliphatic heterocycles. The minimum atomic E-state index is -0.144. The SMILES string of the molecule is COCCn1cnnc1[C@H](C)NC(=O)CSC. The van der Waals surface area contributed by atoms with Crippen LogP contribution in [-0.2, 0) is 16.1 Å². The predicted molar refractivity (Wildman–Crippen MR) is 66.8 cm³/mol. The molecule has 96 valence electrons. The van der Waals surface area contributed by atoms with Crippen molar-refractivity contribution in [1.82, 2.24) is 20.1 Å². The molecule has 0 radical (unpaired) electrons. The van der Waals surface area contributed by atoms with Crippen LogP contribution < -0.4 is 5.32 Å². The van der Waals surface area contributed by atoms with Crippen LogP contribution in [-0.4, -0.2) is 46.4 Å². The Morgan fingerprint density at radius 2 is 2.47 bits per heavy atom. The van der Waals surface area contributed by atoms with E-state index in [1.54, 1.807) is 13.4 Å². The van der Waals surface area contributed by atoms with E-state index >= 15 is 0 Å². The fourth-order valence-electron chi connectivity index (χ4n) is 1.44. The molecule has 0 fully saturated rings. The molecule has 7 heteroatoms. The Balaban J connectivity index is 2.58. The molecular weight excluding hydrogens is 240 g/mol. The maximum absolute atomic E-state index is 11.5. The second-order valence-electron chi connectivity index (χ2n) is 3.60. The second kappa shape index (κ2) is 7.29. The van der Waals surface area contributed by atoms with Gasteiger partial charge in [-0.15, -0.1) is 10.2 Å². The molecule has 1 heterocycles. The first-order chi connectivity index (χ1) is 8.19. The molecule has 0 bridgehead atoms. The van der Waals surface area contributed by atoms with Crippen LogP contribution in [0.2, 0.25) is 0 Å². The van der Waals surface area contributed by atoms with Gasteiger partial charge in [-0.1, -0.05) is 0 Å². The Hall–Kier alpha value is -1.08. The lowest BCUT2D eigenvalue weighted by atomic mass is 10.3. The summed E-state index contributed by atoms with van der Waals surface area (Å²) in [7, 11) is 1.65. The van der Waals surface area contributed by atoms with Crippen LogP contribution in [0.4, 0.5) is 0 Å². The van der Waals surface area contributed by atoms with Crippen molar-refractivity contribution in [3.8, 4) is 0 Å². The summed E-state index contributed by atoms with van der Waals surface area (Å²) in [5.41, 5.74) is 0. The molecule has 0 spiro atoms. The van der Waals surface area contributed by atoms with Crippen molar-refractivity contribution in [2.75, 3.05) is 25.7 Å². The zero-order chi connectivity index (χ0) is 12.7. The smallest absolute Gasteiger partial charge is 0.230 e. The Kier molecular flexibility index (Phi) is 5.99. The van der Waals surface area contributed by atoms with Crippen LogP contribution in [0, 0.1) is 0 Å². The van der Waals surface area contributed by atoms with Crippen LogP contribution in [0.3, 0.4) is 0 Å². The Bertz CT molecular complexity index is 356. The number of nitrogens with one attached hydrogen (secondary N) is 1. The average Bonchev–Trinajstić information content (AvgIpc) is 2.74. The van der Waals surface area contributed by atoms with Gasteiger partial charge in [-0.25, -0.2) is 0 Å². The normalized spacial score (nSPS) is 12.4. The molecule has 0 saturated carbocycles. The van der Waals surface area contributed by atoms with Crippen molar-refractivity contribution >= 4 is 17.7 Å². The van der Waals surface area contributed by atoms with Gasteiger partial charge in [-0.05, 0) is 13.2 Å². The quantitative estimate of drug-likeness (QED) is 0.769. The summed E-state index contributed by atoms with van der Waals surface area (Å²) in [6, 6.07) is -0.144. The maximum Gasteiger partial charge on any atom is 0.230 e. The molecule has 0 saturated heterocycles. The number of carbonyl (C=O) groups is 1. The summed E-state index contributed by atoms with van der Waals surface area (Å²) in [6.45, 7) is 3.17. The molecule has 1 N–H and O–H groups in total. The van der Waals surface area contributed by atoms with E-state index in [2.05, 4.69) is 15.5 Å². The van der Waals surface area contributed by atoms with Crippen LogP contribution in [0.5, 0.6) is 0 Å². The highest BCUT2D eigenvalue weighted by molar-refractivity contribution is 7.99. The molecule has 1 atom stereocenters. The largest absolute Gasteiger partial charge is 0.383 e. The van der Waals surface area contributed by atoms with Crippen LogP contribution in [0.25, 0.3) is 0 Å². The summed E-state index contributed by atoms with van der Waals surface area (Å²) in [5, 5.41) is 10.7. The monoisotopic (exact) mass is 258 g/mol. The molecule has 1 amide bonds. The standard InChI is InChI=1S/C10H18N4O2S/c1-8(12-9(15)6-17-3)10-13-11-7-14(10)4-5-16-2/h7-8H,4-6H2,1-3H3,(H,12,15)/t8-/m0/s1. The van der Waals surface area contributed by atoms with E-state index in [4.69, 9.17) is 4.74 Å². The molecule has 0 aliphatic carbocycles. The lowest BCUT2D eigenvalue weighted by molar-refractivity contribution is -0.119. The molecule has 0 unspecified atom stereocenters. The number of thioether (sulfide) groups is 1. The topological polar surface area (TPSA) is 69.0 Å². The highest BCUT2D eigenvalue weighted by Gasteiger charge is 2.14. The minimum Gasteiger partial charge on any atom is -0.383 e. The Morgan fingerprint density at radius 1 is 1.71 bits per heavy atom. The van der Waals surface area contributed by atoms with E-state index in [-0.39, 0.29) is 11.9 Å². The van der Waals surface area contributed by atoms with Crippen molar-refractivity contribution in [2.45, 2.75) is 19.5 Å². The third kappa shape index (κ3) is 4.35. The lowest BCUT2D eigenvalue weighted by Crippen LogP contribution is -2.30. The lowest BCUT2D eigenvalue weighted by Gasteiger charge is -2.14. The van der Waals surface area contributed by atoms with Crippen molar-refractivity contribution in [2.24, 2.45) is 0 Å². The predicted octanol–water partition coefficient (Wildman–Crippen LogP) is 0.465. The van der Waals surface area contributed by atoms with Crippen LogP contribution in [0.15, 0.2) is 6.33 Å². The fraction of sp³-hybridized carbons (Fsp3) is 0.700.